The van der Waals surface area contributed by atoms with E-state index < -0.39 is 5.25 Å². The molecule has 4 aromatic rings. The van der Waals surface area contributed by atoms with Gasteiger partial charge in [0.1, 0.15) is 11.0 Å². The van der Waals surface area contributed by atoms with E-state index in [9.17, 15) is 9.59 Å². The lowest BCUT2D eigenvalue weighted by Gasteiger charge is -2.18. The molecule has 176 valence electrons. The van der Waals surface area contributed by atoms with Crippen LogP contribution in [0.2, 0.25) is 0 Å². The molecule has 2 N–H and O–H groups in total. The third kappa shape index (κ3) is 6.52. The van der Waals surface area contributed by atoms with Crippen LogP contribution in [-0.2, 0) is 4.79 Å². The normalized spacial score (nSPS) is 11.4. The predicted octanol–water partition coefficient (Wildman–Crippen LogP) is 6.73. The molecule has 0 spiro atoms. The Hall–Kier alpha value is -4.03. The van der Waals surface area contributed by atoms with Crippen molar-refractivity contribution < 1.29 is 14.3 Å². The molecular weight excluding hydrogens is 456 g/mol. The quantitative estimate of drug-likeness (QED) is 0.273. The van der Waals surface area contributed by atoms with Crippen LogP contribution >= 0.6 is 11.8 Å². The van der Waals surface area contributed by atoms with Crippen molar-refractivity contribution in [3.8, 4) is 5.75 Å². The first-order chi connectivity index (χ1) is 17.0. The minimum atomic E-state index is -0.471. The molecule has 4 rings (SSSR count). The molecule has 0 heterocycles. The smallest absolute Gasteiger partial charge is 0.255 e. The van der Waals surface area contributed by atoms with Crippen molar-refractivity contribution >= 4 is 35.0 Å². The molecule has 0 fully saturated rings. The second-order valence-corrected chi connectivity index (χ2v) is 9.16. The van der Waals surface area contributed by atoms with Gasteiger partial charge in [-0.05, 0) is 61.0 Å². The number of carbonyl (C=O) groups is 2. The second kappa shape index (κ2) is 11.4. The van der Waals surface area contributed by atoms with Gasteiger partial charge in [0.25, 0.3) is 5.91 Å². The van der Waals surface area contributed by atoms with Crippen LogP contribution in [0.1, 0.15) is 26.7 Å². The maximum atomic E-state index is 13.3. The second-order valence-electron chi connectivity index (χ2n) is 7.98. The molecule has 0 aliphatic rings. The highest BCUT2D eigenvalue weighted by Crippen LogP contribution is 2.37. The van der Waals surface area contributed by atoms with Crippen molar-refractivity contribution in [3.05, 3.63) is 120 Å². The van der Waals surface area contributed by atoms with Crippen LogP contribution in [0.15, 0.2) is 108 Å². The van der Waals surface area contributed by atoms with Gasteiger partial charge in [0, 0.05) is 21.8 Å². The molecule has 0 radical (unpaired) electrons. The summed E-state index contributed by atoms with van der Waals surface area (Å²) in [4.78, 5) is 26.9. The molecule has 4 aromatic carbocycles. The molecule has 0 saturated heterocycles. The Balaban J connectivity index is 1.53. The minimum Gasteiger partial charge on any atom is -0.497 e. The van der Waals surface area contributed by atoms with Crippen LogP contribution in [0.5, 0.6) is 5.75 Å². The van der Waals surface area contributed by atoms with Gasteiger partial charge in [-0.2, -0.15) is 0 Å². The number of carbonyl (C=O) groups excluding carboxylic acids is 2. The molecule has 0 aliphatic carbocycles. The summed E-state index contributed by atoms with van der Waals surface area (Å²) in [5.74, 6) is 0.269. The maximum absolute atomic E-state index is 13.3. The summed E-state index contributed by atoms with van der Waals surface area (Å²) in [6, 6.07) is 31.9. The van der Waals surface area contributed by atoms with E-state index in [4.69, 9.17) is 4.74 Å². The Morgan fingerprint density at radius 3 is 2.26 bits per heavy atom. The van der Waals surface area contributed by atoms with Crippen molar-refractivity contribution in [3.63, 3.8) is 0 Å². The number of rotatable bonds is 8. The fraction of sp³-hybridized carbons (Fsp3) is 0.103. The van der Waals surface area contributed by atoms with Crippen molar-refractivity contribution in [2.45, 2.75) is 17.1 Å². The highest BCUT2D eigenvalue weighted by molar-refractivity contribution is 8.00. The Kier molecular flexibility index (Phi) is 7.85. The molecule has 5 nitrogen and oxygen atoms in total. The largest absolute Gasteiger partial charge is 0.497 e. The predicted molar refractivity (Wildman–Crippen MR) is 142 cm³/mol. The highest BCUT2D eigenvalue weighted by Gasteiger charge is 2.22. The number of benzene rings is 4. The first-order valence-electron chi connectivity index (χ1n) is 11.2. The molecule has 0 aromatic heterocycles. The summed E-state index contributed by atoms with van der Waals surface area (Å²) in [5, 5.41) is 5.48. The molecule has 1 unspecified atom stereocenters. The van der Waals surface area contributed by atoms with Gasteiger partial charge < -0.3 is 15.4 Å². The molecule has 0 bridgehead atoms. The van der Waals surface area contributed by atoms with Crippen LogP contribution in [0.3, 0.4) is 0 Å². The third-order valence-electron chi connectivity index (χ3n) is 5.34. The Labute approximate surface area is 209 Å². The van der Waals surface area contributed by atoms with Gasteiger partial charge in [-0.15, -0.1) is 11.8 Å². The molecule has 0 aliphatic heterocycles. The molecule has 1 atom stereocenters. The number of ether oxygens (including phenoxy) is 1. The molecule has 2 amide bonds. The molecular formula is C29H26N2O3S. The topological polar surface area (TPSA) is 67.4 Å². The van der Waals surface area contributed by atoms with Crippen LogP contribution in [0.25, 0.3) is 0 Å². The van der Waals surface area contributed by atoms with E-state index in [2.05, 4.69) is 10.6 Å². The van der Waals surface area contributed by atoms with Crippen molar-refractivity contribution in [1.29, 1.82) is 0 Å². The van der Waals surface area contributed by atoms with Gasteiger partial charge in [-0.3, -0.25) is 9.59 Å². The van der Waals surface area contributed by atoms with Crippen LogP contribution in [0.4, 0.5) is 11.4 Å². The highest BCUT2D eigenvalue weighted by atomic mass is 32.2. The molecule has 0 saturated carbocycles. The van der Waals surface area contributed by atoms with E-state index in [1.165, 1.54) is 11.8 Å². The van der Waals surface area contributed by atoms with Crippen LogP contribution in [-0.4, -0.2) is 18.9 Å². The monoisotopic (exact) mass is 482 g/mol. The fourth-order valence-corrected chi connectivity index (χ4v) is 4.58. The lowest BCUT2D eigenvalue weighted by Crippen LogP contribution is -2.19. The number of methoxy groups -OCH3 is 1. The first kappa shape index (κ1) is 24.1. The first-order valence-corrected chi connectivity index (χ1v) is 12.0. The fourth-order valence-electron chi connectivity index (χ4n) is 3.50. The number of aryl methyl sites for hydroxylation is 1. The number of nitrogens with one attached hydrogen (secondary N) is 2. The number of anilines is 2. The number of thioether (sulfide) groups is 1. The Morgan fingerprint density at radius 1 is 0.771 bits per heavy atom. The summed E-state index contributed by atoms with van der Waals surface area (Å²) < 4.78 is 5.21. The zero-order valence-corrected chi connectivity index (χ0v) is 20.3. The minimum absolute atomic E-state index is 0.115. The van der Waals surface area contributed by atoms with Gasteiger partial charge in [0.2, 0.25) is 5.91 Å². The lowest BCUT2D eigenvalue weighted by atomic mass is 10.1. The van der Waals surface area contributed by atoms with Crippen molar-refractivity contribution in [2.24, 2.45) is 0 Å². The van der Waals surface area contributed by atoms with Crippen molar-refractivity contribution in [1.82, 2.24) is 0 Å². The summed E-state index contributed by atoms with van der Waals surface area (Å²) in [6.45, 7) is 2.01. The van der Waals surface area contributed by atoms with Gasteiger partial charge in [-0.1, -0.05) is 60.2 Å². The maximum Gasteiger partial charge on any atom is 0.255 e. The standard InChI is InChI=1S/C29H26N2O3S/c1-20-14-16-23(17-15-20)30-29(33)27(21-8-4-3-5-9-21)35-26-13-7-11-24(19-26)31-28(32)22-10-6-12-25(18-22)34-2/h3-19,27H,1-2H3,(H,30,33)(H,31,32). The summed E-state index contributed by atoms with van der Waals surface area (Å²) in [5.41, 5.74) is 3.93. The Morgan fingerprint density at radius 2 is 1.51 bits per heavy atom. The van der Waals surface area contributed by atoms with E-state index in [0.717, 1.165) is 21.7 Å². The lowest BCUT2D eigenvalue weighted by molar-refractivity contribution is -0.115. The van der Waals surface area contributed by atoms with E-state index in [-0.39, 0.29) is 11.8 Å². The number of hydrogen-bond acceptors (Lipinski definition) is 4. The van der Waals surface area contributed by atoms with E-state index in [1.54, 1.807) is 31.4 Å². The summed E-state index contributed by atoms with van der Waals surface area (Å²) >= 11 is 1.43. The summed E-state index contributed by atoms with van der Waals surface area (Å²) in [6.07, 6.45) is 0. The van der Waals surface area contributed by atoms with Crippen LogP contribution < -0.4 is 15.4 Å². The van der Waals surface area contributed by atoms with Gasteiger partial charge in [-0.25, -0.2) is 0 Å². The zero-order chi connectivity index (χ0) is 24.6. The van der Waals surface area contributed by atoms with Crippen molar-refractivity contribution in [2.75, 3.05) is 17.7 Å². The van der Waals surface area contributed by atoms with Gasteiger partial charge in [0.05, 0.1) is 7.11 Å². The number of hydrogen-bond donors (Lipinski definition) is 2. The molecule has 35 heavy (non-hydrogen) atoms. The number of amides is 2. The van der Waals surface area contributed by atoms with Gasteiger partial charge >= 0.3 is 0 Å². The van der Waals surface area contributed by atoms with Gasteiger partial charge in [0.15, 0.2) is 0 Å². The SMILES string of the molecule is COc1cccc(C(=O)Nc2cccc(SC(C(=O)Nc3ccc(C)cc3)c3ccccc3)c2)c1. The van der Waals surface area contributed by atoms with E-state index in [1.807, 2.05) is 85.8 Å². The zero-order valence-electron chi connectivity index (χ0n) is 19.5. The van der Waals surface area contributed by atoms with Crippen LogP contribution in [0, 0.1) is 6.92 Å². The summed E-state index contributed by atoms with van der Waals surface area (Å²) in [7, 11) is 1.57. The van der Waals surface area contributed by atoms with E-state index >= 15 is 0 Å². The average Bonchev–Trinajstić information content (AvgIpc) is 2.89. The Bertz CT molecular complexity index is 1310. The third-order valence-corrected chi connectivity index (χ3v) is 6.59. The average molecular weight is 483 g/mol. The van der Waals surface area contributed by atoms with E-state index in [0.29, 0.717) is 17.0 Å². The molecule has 6 heteroatoms.